The zero-order chi connectivity index (χ0) is 9.38. The summed E-state index contributed by atoms with van der Waals surface area (Å²) in [6.07, 6.45) is 1.53. The number of aromatic nitrogens is 3. The average molecular weight is 201 g/mol. The van der Waals surface area contributed by atoms with Crippen molar-refractivity contribution in [2.24, 2.45) is 0 Å². The van der Waals surface area contributed by atoms with Gasteiger partial charge in [0, 0.05) is 21.0 Å². The Labute approximate surface area is 84.4 Å². The highest BCUT2D eigenvalue weighted by Crippen LogP contribution is 2.31. The van der Waals surface area contributed by atoms with Gasteiger partial charge in [0.2, 0.25) is 0 Å². The van der Waals surface area contributed by atoms with Crippen molar-refractivity contribution >= 4 is 21.4 Å². The first-order valence-electron chi connectivity index (χ1n) is 4.27. The molecule has 68 valence electrons. The topological polar surface area (TPSA) is 41.6 Å². The quantitative estimate of drug-likeness (QED) is 0.657. The fourth-order valence-electron chi connectivity index (χ4n) is 1.50. The Hall–Kier alpha value is -1.68. The SMILES string of the molecule is c1ccc2c(-c3ncn[nH]3)csc2c1. The van der Waals surface area contributed by atoms with Crippen LogP contribution < -0.4 is 0 Å². The first-order valence-corrected chi connectivity index (χ1v) is 5.15. The largest absolute Gasteiger partial charge is 0.259 e. The van der Waals surface area contributed by atoms with Crippen LogP contribution in [0.2, 0.25) is 0 Å². The molecule has 0 atom stereocenters. The highest BCUT2D eigenvalue weighted by Gasteiger charge is 2.07. The third kappa shape index (κ3) is 1.04. The van der Waals surface area contributed by atoms with E-state index in [1.54, 1.807) is 11.3 Å². The summed E-state index contributed by atoms with van der Waals surface area (Å²) in [4.78, 5) is 4.15. The zero-order valence-electron chi connectivity index (χ0n) is 7.27. The lowest BCUT2D eigenvalue weighted by Crippen LogP contribution is -1.77. The van der Waals surface area contributed by atoms with Crippen LogP contribution in [0.3, 0.4) is 0 Å². The Bertz CT molecular complexity index is 554. The van der Waals surface area contributed by atoms with E-state index in [0.29, 0.717) is 0 Å². The fraction of sp³-hybridized carbons (Fsp3) is 0. The van der Waals surface area contributed by atoms with Gasteiger partial charge in [0.1, 0.15) is 6.33 Å². The molecule has 0 aliphatic carbocycles. The van der Waals surface area contributed by atoms with Crippen molar-refractivity contribution in [3.63, 3.8) is 0 Å². The molecule has 0 radical (unpaired) electrons. The van der Waals surface area contributed by atoms with Gasteiger partial charge in [-0.1, -0.05) is 18.2 Å². The van der Waals surface area contributed by atoms with Crippen molar-refractivity contribution in [3.05, 3.63) is 36.0 Å². The second-order valence-corrected chi connectivity index (χ2v) is 3.89. The Kier molecular flexibility index (Phi) is 1.61. The van der Waals surface area contributed by atoms with Crippen molar-refractivity contribution < 1.29 is 0 Å². The number of H-pyrrole nitrogens is 1. The highest BCUT2D eigenvalue weighted by atomic mass is 32.1. The van der Waals surface area contributed by atoms with Gasteiger partial charge in [0.05, 0.1) is 0 Å². The van der Waals surface area contributed by atoms with Crippen LogP contribution >= 0.6 is 11.3 Å². The molecule has 0 saturated heterocycles. The maximum absolute atomic E-state index is 4.15. The molecule has 3 nitrogen and oxygen atoms in total. The van der Waals surface area contributed by atoms with E-state index in [1.165, 1.54) is 16.4 Å². The summed E-state index contributed by atoms with van der Waals surface area (Å²) in [6.45, 7) is 0. The molecule has 0 aliphatic heterocycles. The number of nitrogens with zero attached hydrogens (tertiary/aromatic N) is 2. The normalized spacial score (nSPS) is 10.9. The number of hydrogen-bond donors (Lipinski definition) is 1. The molecule has 0 spiro atoms. The third-order valence-electron chi connectivity index (χ3n) is 2.15. The second-order valence-electron chi connectivity index (χ2n) is 2.98. The van der Waals surface area contributed by atoms with E-state index in [2.05, 4.69) is 32.7 Å². The lowest BCUT2D eigenvalue weighted by Gasteiger charge is -1.92. The number of thiophene rings is 1. The molecule has 3 rings (SSSR count). The van der Waals surface area contributed by atoms with E-state index < -0.39 is 0 Å². The van der Waals surface area contributed by atoms with Crippen molar-refractivity contribution in [1.29, 1.82) is 0 Å². The van der Waals surface area contributed by atoms with E-state index in [4.69, 9.17) is 0 Å². The van der Waals surface area contributed by atoms with Gasteiger partial charge in [0.15, 0.2) is 5.82 Å². The molecule has 3 aromatic rings. The van der Waals surface area contributed by atoms with E-state index >= 15 is 0 Å². The van der Waals surface area contributed by atoms with Crippen LogP contribution in [0, 0.1) is 0 Å². The summed E-state index contributed by atoms with van der Waals surface area (Å²) in [5, 5.41) is 10.1. The number of hydrogen-bond acceptors (Lipinski definition) is 3. The Balaban J connectivity index is 2.33. The number of rotatable bonds is 1. The van der Waals surface area contributed by atoms with Crippen LogP contribution in [-0.4, -0.2) is 15.2 Å². The molecular formula is C10H7N3S. The Morgan fingerprint density at radius 2 is 2.14 bits per heavy atom. The number of benzene rings is 1. The lowest BCUT2D eigenvalue weighted by atomic mass is 10.2. The average Bonchev–Trinajstić information content (AvgIpc) is 2.85. The minimum absolute atomic E-state index is 0.836. The smallest absolute Gasteiger partial charge is 0.156 e. The summed E-state index contributed by atoms with van der Waals surface area (Å²) in [5.74, 6) is 0.836. The van der Waals surface area contributed by atoms with Gasteiger partial charge in [0.25, 0.3) is 0 Å². The van der Waals surface area contributed by atoms with Crippen molar-refractivity contribution in [2.45, 2.75) is 0 Å². The minimum atomic E-state index is 0.836. The molecule has 0 unspecified atom stereocenters. The molecular weight excluding hydrogens is 194 g/mol. The Morgan fingerprint density at radius 3 is 3.00 bits per heavy atom. The molecule has 4 heteroatoms. The Morgan fingerprint density at radius 1 is 1.21 bits per heavy atom. The van der Waals surface area contributed by atoms with E-state index in [-0.39, 0.29) is 0 Å². The van der Waals surface area contributed by atoms with Gasteiger partial charge in [-0.2, -0.15) is 5.10 Å². The fourth-order valence-corrected chi connectivity index (χ4v) is 2.44. The van der Waals surface area contributed by atoms with Gasteiger partial charge >= 0.3 is 0 Å². The first kappa shape index (κ1) is 7.70. The zero-order valence-corrected chi connectivity index (χ0v) is 8.08. The third-order valence-corrected chi connectivity index (χ3v) is 3.11. The van der Waals surface area contributed by atoms with Gasteiger partial charge < -0.3 is 0 Å². The van der Waals surface area contributed by atoms with Gasteiger partial charge in [-0.25, -0.2) is 4.98 Å². The van der Waals surface area contributed by atoms with Crippen LogP contribution in [0.15, 0.2) is 36.0 Å². The van der Waals surface area contributed by atoms with E-state index in [1.807, 2.05) is 12.1 Å². The number of aromatic amines is 1. The van der Waals surface area contributed by atoms with Crippen molar-refractivity contribution in [1.82, 2.24) is 15.2 Å². The molecule has 1 aromatic carbocycles. The highest BCUT2D eigenvalue weighted by molar-refractivity contribution is 7.17. The summed E-state index contributed by atoms with van der Waals surface area (Å²) in [7, 11) is 0. The molecule has 14 heavy (non-hydrogen) atoms. The maximum Gasteiger partial charge on any atom is 0.156 e. The van der Waals surface area contributed by atoms with Crippen molar-refractivity contribution in [2.75, 3.05) is 0 Å². The standard InChI is InChI=1S/C10H7N3S/c1-2-4-9-7(3-1)8(5-14-9)10-11-6-12-13-10/h1-6H,(H,11,12,13). The number of nitrogens with one attached hydrogen (secondary N) is 1. The van der Waals surface area contributed by atoms with Gasteiger partial charge in [-0.15, -0.1) is 11.3 Å². The predicted molar refractivity (Wildman–Crippen MR) is 57.2 cm³/mol. The summed E-state index contributed by atoms with van der Waals surface area (Å²) >= 11 is 1.72. The minimum Gasteiger partial charge on any atom is -0.259 e. The summed E-state index contributed by atoms with van der Waals surface area (Å²) < 4.78 is 1.28. The maximum atomic E-state index is 4.15. The molecule has 1 N–H and O–H groups in total. The van der Waals surface area contributed by atoms with Crippen LogP contribution in [0.1, 0.15) is 0 Å². The monoisotopic (exact) mass is 201 g/mol. The summed E-state index contributed by atoms with van der Waals surface area (Å²) in [6, 6.07) is 8.29. The molecule has 0 bridgehead atoms. The van der Waals surface area contributed by atoms with Gasteiger partial charge in [-0.3, -0.25) is 5.10 Å². The van der Waals surface area contributed by atoms with E-state index in [9.17, 15) is 0 Å². The predicted octanol–water partition coefficient (Wildman–Crippen LogP) is 2.69. The van der Waals surface area contributed by atoms with Crippen LogP contribution in [0.4, 0.5) is 0 Å². The van der Waals surface area contributed by atoms with Crippen molar-refractivity contribution in [3.8, 4) is 11.4 Å². The van der Waals surface area contributed by atoms with Crippen LogP contribution in [0.5, 0.6) is 0 Å². The second kappa shape index (κ2) is 2.92. The molecule has 0 aliphatic rings. The summed E-state index contributed by atoms with van der Waals surface area (Å²) in [5.41, 5.74) is 1.13. The lowest BCUT2D eigenvalue weighted by molar-refractivity contribution is 1.10. The van der Waals surface area contributed by atoms with Gasteiger partial charge in [-0.05, 0) is 6.07 Å². The van der Waals surface area contributed by atoms with E-state index in [0.717, 1.165) is 11.4 Å². The molecule has 0 saturated carbocycles. The molecule has 2 heterocycles. The molecule has 0 amide bonds. The van der Waals surface area contributed by atoms with Crippen LogP contribution in [-0.2, 0) is 0 Å². The first-order chi connectivity index (χ1) is 6.95. The number of fused-ring (bicyclic) bond motifs is 1. The molecule has 2 aromatic heterocycles. The van der Waals surface area contributed by atoms with Crippen LogP contribution in [0.25, 0.3) is 21.5 Å². The molecule has 0 fully saturated rings.